The van der Waals surface area contributed by atoms with Crippen molar-refractivity contribution in [2.75, 3.05) is 26.4 Å². The van der Waals surface area contributed by atoms with E-state index in [0.717, 1.165) is 0 Å². The van der Waals surface area contributed by atoms with E-state index < -0.39 is 17.8 Å². The topological polar surface area (TPSA) is 82.1 Å². The van der Waals surface area contributed by atoms with E-state index in [-0.39, 0.29) is 19.4 Å². The first-order chi connectivity index (χ1) is 8.65. The van der Waals surface area contributed by atoms with Gasteiger partial charge in [-0.25, -0.2) is 4.79 Å². The monoisotopic (exact) mass is 259 g/mol. The second kappa shape index (κ2) is 7.78. The van der Waals surface area contributed by atoms with Gasteiger partial charge in [0.05, 0.1) is 0 Å². The Morgan fingerprint density at radius 1 is 1.17 bits per heavy atom. The highest BCUT2D eigenvalue weighted by Gasteiger charge is 2.32. The first kappa shape index (κ1) is 14.6. The zero-order valence-electron chi connectivity index (χ0n) is 10.3. The van der Waals surface area contributed by atoms with Gasteiger partial charge in [0, 0.05) is 32.7 Å². The van der Waals surface area contributed by atoms with Crippen LogP contribution in [0.2, 0.25) is 0 Å². The third-order valence-electron chi connectivity index (χ3n) is 2.20. The molecule has 0 aromatic carbocycles. The molecule has 1 fully saturated rings. The van der Waals surface area contributed by atoms with Gasteiger partial charge in [-0.2, -0.15) is 0 Å². The van der Waals surface area contributed by atoms with Gasteiger partial charge in [0.2, 0.25) is 0 Å². The molecule has 2 amide bonds. The van der Waals surface area contributed by atoms with Gasteiger partial charge in [0.1, 0.15) is 6.61 Å². The van der Waals surface area contributed by atoms with Crippen molar-refractivity contribution in [1.82, 2.24) is 5.06 Å². The minimum absolute atomic E-state index is 0.0846. The maximum Gasteiger partial charge on any atom is 0.358 e. The Kier molecular flexibility index (Phi) is 6.31. The summed E-state index contributed by atoms with van der Waals surface area (Å²) in [6, 6.07) is 0. The van der Waals surface area contributed by atoms with Gasteiger partial charge < -0.3 is 14.3 Å². The molecule has 0 aliphatic carbocycles. The Bertz CT molecular complexity index is 301. The zero-order chi connectivity index (χ0) is 13.4. The molecular weight excluding hydrogens is 242 g/mol. The number of carbonyl (C=O) groups is 3. The van der Waals surface area contributed by atoms with E-state index in [4.69, 9.17) is 9.47 Å². The standard InChI is InChI=1S/C11H17NO6/c1-2-16-6-3-7-17-8-11(15)18-12-9(13)4-5-10(12)14/h2-8H2,1H3. The van der Waals surface area contributed by atoms with Crippen molar-refractivity contribution in [3.8, 4) is 0 Å². The summed E-state index contributed by atoms with van der Waals surface area (Å²) in [6.45, 7) is 3.17. The van der Waals surface area contributed by atoms with Crippen molar-refractivity contribution in [3.05, 3.63) is 0 Å². The van der Waals surface area contributed by atoms with Crippen LogP contribution in [0.1, 0.15) is 26.2 Å². The van der Waals surface area contributed by atoms with Crippen LogP contribution in [0.15, 0.2) is 0 Å². The Hall–Kier alpha value is -1.47. The molecule has 1 aliphatic heterocycles. The molecule has 0 N–H and O–H groups in total. The highest BCUT2D eigenvalue weighted by atomic mass is 16.7. The third kappa shape index (κ3) is 4.80. The lowest BCUT2D eigenvalue weighted by atomic mass is 10.4. The van der Waals surface area contributed by atoms with Crippen LogP contribution < -0.4 is 0 Å². The molecule has 0 radical (unpaired) electrons. The van der Waals surface area contributed by atoms with Gasteiger partial charge in [-0.15, -0.1) is 5.06 Å². The van der Waals surface area contributed by atoms with E-state index in [1.165, 1.54) is 0 Å². The summed E-state index contributed by atoms with van der Waals surface area (Å²) in [5.41, 5.74) is 0. The lowest BCUT2D eigenvalue weighted by Crippen LogP contribution is -2.33. The first-order valence-corrected chi connectivity index (χ1v) is 5.87. The molecule has 0 unspecified atom stereocenters. The number of ether oxygens (including phenoxy) is 2. The van der Waals surface area contributed by atoms with E-state index in [2.05, 4.69) is 4.84 Å². The average molecular weight is 259 g/mol. The SMILES string of the molecule is CCOCCCOCC(=O)ON1C(=O)CCC1=O. The van der Waals surface area contributed by atoms with E-state index in [0.29, 0.717) is 31.3 Å². The number of amides is 2. The third-order valence-corrected chi connectivity index (χ3v) is 2.20. The molecule has 0 atom stereocenters. The number of imide groups is 1. The predicted molar refractivity (Wildman–Crippen MR) is 59.1 cm³/mol. The molecule has 0 bridgehead atoms. The Labute approximate surface area is 105 Å². The van der Waals surface area contributed by atoms with Gasteiger partial charge in [-0.1, -0.05) is 0 Å². The lowest BCUT2D eigenvalue weighted by Gasteiger charge is -2.12. The molecule has 1 rings (SSSR count). The molecule has 1 saturated heterocycles. The fourth-order valence-electron chi connectivity index (χ4n) is 1.35. The van der Waals surface area contributed by atoms with Crippen LogP contribution in [0, 0.1) is 0 Å². The smallest absolute Gasteiger partial charge is 0.358 e. The van der Waals surface area contributed by atoms with Crippen molar-refractivity contribution in [2.45, 2.75) is 26.2 Å². The number of hydrogen-bond acceptors (Lipinski definition) is 6. The average Bonchev–Trinajstić information content (AvgIpc) is 2.65. The zero-order valence-corrected chi connectivity index (χ0v) is 10.3. The van der Waals surface area contributed by atoms with E-state index in [1.54, 1.807) is 0 Å². The summed E-state index contributed by atoms with van der Waals surface area (Å²) >= 11 is 0. The summed E-state index contributed by atoms with van der Waals surface area (Å²) in [5.74, 6) is -1.75. The highest BCUT2D eigenvalue weighted by Crippen LogP contribution is 2.11. The first-order valence-electron chi connectivity index (χ1n) is 5.87. The van der Waals surface area contributed by atoms with E-state index in [1.807, 2.05) is 6.92 Å². The fraction of sp³-hybridized carbons (Fsp3) is 0.727. The molecule has 0 saturated carbocycles. The van der Waals surface area contributed by atoms with Crippen LogP contribution in [0.3, 0.4) is 0 Å². The molecule has 0 spiro atoms. The quantitative estimate of drug-likeness (QED) is 0.452. The normalized spacial score (nSPS) is 15.3. The summed E-state index contributed by atoms with van der Waals surface area (Å²) in [7, 11) is 0. The van der Waals surface area contributed by atoms with Crippen molar-refractivity contribution in [1.29, 1.82) is 0 Å². The molecule has 0 aromatic heterocycles. The van der Waals surface area contributed by atoms with Crippen molar-refractivity contribution >= 4 is 17.8 Å². The predicted octanol–water partition coefficient (Wildman–Crippen LogP) is 0.0368. The second-order valence-electron chi connectivity index (χ2n) is 3.65. The van der Waals surface area contributed by atoms with Crippen LogP contribution >= 0.6 is 0 Å². The minimum Gasteiger partial charge on any atom is -0.382 e. The number of nitrogens with zero attached hydrogens (tertiary/aromatic N) is 1. The maximum atomic E-state index is 11.3. The molecule has 102 valence electrons. The van der Waals surface area contributed by atoms with Crippen LogP contribution in [0.5, 0.6) is 0 Å². The van der Waals surface area contributed by atoms with Crippen molar-refractivity contribution in [3.63, 3.8) is 0 Å². The Balaban J connectivity index is 2.10. The summed E-state index contributed by atoms with van der Waals surface area (Å²) in [5, 5.41) is 0.506. The van der Waals surface area contributed by atoms with Gasteiger partial charge in [0.25, 0.3) is 11.8 Å². The van der Waals surface area contributed by atoms with Gasteiger partial charge in [0.15, 0.2) is 0 Å². The molecule has 0 aromatic rings. The van der Waals surface area contributed by atoms with E-state index in [9.17, 15) is 14.4 Å². The summed E-state index contributed by atoms with van der Waals surface area (Å²) in [6.07, 6.45) is 0.839. The molecule has 7 nitrogen and oxygen atoms in total. The minimum atomic E-state index is -0.755. The van der Waals surface area contributed by atoms with Gasteiger partial charge in [-0.05, 0) is 13.3 Å². The van der Waals surface area contributed by atoms with Crippen LogP contribution in [-0.4, -0.2) is 49.3 Å². The van der Waals surface area contributed by atoms with Crippen molar-refractivity contribution < 1.29 is 28.7 Å². The number of rotatable bonds is 8. The number of carbonyl (C=O) groups excluding carboxylic acids is 3. The van der Waals surface area contributed by atoms with Crippen LogP contribution in [-0.2, 0) is 28.7 Å². The molecule has 1 aliphatic rings. The number of hydroxylamine groups is 2. The van der Waals surface area contributed by atoms with Crippen molar-refractivity contribution in [2.24, 2.45) is 0 Å². The summed E-state index contributed by atoms with van der Waals surface area (Å²) < 4.78 is 10.1. The Morgan fingerprint density at radius 3 is 2.39 bits per heavy atom. The fourth-order valence-corrected chi connectivity index (χ4v) is 1.35. The van der Waals surface area contributed by atoms with Gasteiger partial charge >= 0.3 is 5.97 Å². The molecule has 18 heavy (non-hydrogen) atoms. The second-order valence-corrected chi connectivity index (χ2v) is 3.65. The number of hydrogen-bond donors (Lipinski definition) is 0. The molecule has 7 heteroatoms. The molecular formula is C11H17NO6. The van der Waals surface area contributed by atoms with E-state index >= 15 is 0 Å². The lowest BCUT2D eigenvalue weighted by molar-refractivity contribution is -0.200. The maximum absolute atomic E-state index is 11.3. The molecule has 1 heterocycles. The largest absolute Gasteiger partial charge is 0.382 e. The van der Waals surface area contributed by atoms with Gasteiger partial charge in [-0.3, -0.25) is 9.59 Å². The highest BCUT2D eigenvalue weighted by molar-refractivity contribution is 6.01. The van der Waals surface area contributed by atoms with Crippen LogP contribution in [0.25, 0.3) is 0 Å². The Morgan fingerprint density at radius 2 is 1.78 bits per heavy atom. The van der Waals surface area contributed by atoms with Crippen LogP contribution in [0.4, 0.5) is 0 Å². The summed E-state index contributed by atoms with van der Waals surface area (Å²) in [4.78, 5) is 38.1.